The summed E-state index contributed by atoms with van der Waals surface area (Å²) in [7, 11) is 0. The van der Waals surface area contributed by atoms with E-state index in [0.29, 0.717) is 68.7 Å². The van der Waals surface area contributed by atoms with Crippen molar-refractivity contribution in [2.24, 2.45) is 5.92 Å². The Bertz CT molecular complexity index is 2250. The van der Waals surface area contributed by atoms with Crippen molar-refractivity contribution in [3.63, 3.8) is 0 Å². The number of hydrogen-bond acceptors (Lipinski definition) is 7. The van der Waals surface area contributed by atoms with Crippen molar-refractivity contribution in [2.75, 3.05) is 49.5 Å². The lowest BCUT2D eigenvalue weighted by atomic mass is 9.73. The molecule has 1 atom stereocenters. The van der Waals surface area contributed by atoms with Gasteiger partial charge >= 0.3 is 0 Å². The van der Waals surface area contributed by atoms with E-state index in [-0.39, 0.29) is 41.5 Å². The summed E-state index contributed by atoms with van der Waals surface area (Å²) in [5.74, 6) is 0.258. The third kappa shape index (κ3) is 6.48. The zero-order valence-electron chi connectivity index (χ0n) is 34.0. The van der Waals surface area contributed by atoms with Crippen molar-refractivity contribution in [3.8, 4) is 11.3 Å². The van der Waals surface area contributed by atoms with Crippen LogP contribution in [0.4, 0.5) is 21.6 Å². The van der Waals surface area contributed by atoms with E-state index < -0.39 is 5.41 Å². The van der Waals surface area contributed by atoms with Gasteiger partial charge in [-0.3, -0.25) is 14.4 Å². The maximum atomic E-state index is 15.4. The van der Waals surface area contributed by atoms with Gasteiger partial charge in [-0.25, -0.2) is 14.4 Å². The summed E-state index contributed by atoms with van der Waals surface area (Å²) in [5.41, 5.74) is 6.60. The molecule has 4 fully saturated rings. The number of carbonyl (C=O) groups excluding carboxylic acids is 3. The molecule has 1 aliphatic carbocycles. The molecule has 1 unspecified atom stereocenters. The molecule has 12 heteroatoms. The minimum atomic E-state index is -0.705. The summed E-state index contributed by atoms with van der Waals surface area (Å²) in [4.78, 5) is 59.1. The van der Waals surface area contributed by atoms with Gasteiger partial charge in [-0.15, -0.1) is 0 Å². The normalized spacial score (nSPS) is 23.5. The van der Waals surface area contributed by atoms with Gasteiger partial charge in [0.2, 0.25) is 17.7 Å². The number of rotatable bonds is 7. The van der Waals surface area contributed by atoms with Crippen LogP contribution in [-0.4, -0.2) is 98.3 Å². The lowest BCUT2D eigenvalue weighted by Gasteiger charge is -2.48. The first-order valence-electron chi connectivity index (χ1n) is 21.1. The number of halogens is 1. The van der Waals surface area contributed by atoms with Gasteiger partial charge in [-0.05, 0) is 127 Å². The number of pyridine rings is 1. The summed E-state index contributed by atoms with van der Waals surface area (Å²) in [6.07, 6.45) is 9.31. The minimum absolute atomic E-state index is 0.0112. The van der Waals surface area contributed by atoms with Crippen LogP contribution in [0.25, 0.3) is 22.3 Å². The van der Waals surface area contributed by atoms with Gasteiger partial charge in [-0.1, -0.05) is 18.6 Å². The number of imidazole rings is 1. The maximum Gasteiger partial charge on any atom is 0.238 e. The van der Waals surface area contributed by atoms with Crippen molar-refractivity contribution in [1.29, 1.82) is 0 Å². The van der Waals surface area contributed by atoms with E-state index in [0.717, 1.165) is 64.9 Å². The Balaban J connectivity index is 1.06. The predicted octanol–water partition coefficient (Wildman–Crippen LogP) is 7.27. The fourth-order valence-corrected chi connectivity index (χ4v) is 10.3. The molecule has 2 aromatic heterocycles. The van der Waals surface area contributed by atoms with Gasteiger partial charge in [0.1, 0.15) is 11.3 Å². The Hall–Kier alpha value is -4.84. The van der Waals surface area contributed by atoms with E-state index in [1.165, 1.54) is 19.3 Å². The first-order valence-corrected chi connectivity index (χ1v) is 21.1. The van der Waals surface area contributed by atoms with Crippen molar-refractivity contribution < 1.29 is 18.8 Å². The predicted molar refractivity (Wildman–Crippen MR) is 220 cm³/mol. The third-order valence-corrected chi connectivity index (χ3v) is 13.9. The second-order valence-electron chi connectivity index (χ2n) is 17.7. The van der Waals surface area contributed by atoms with Crippen LogP contribution in [0.5, 0.6) is 0 Å². The molecule has 300 valence electrons. The zero-order valence-corrected chi connectivity index (χ0v) is 34.0. The highest BCUT2D eigenvalue weighted by Crippen LogP contribution is 2.52. The summed E-state index contributed by atoms with van der Waals surface area (Å²) in [5, 5.41) is 3.34. The number of aromatic nitrogens is 3. The Morgan fingerprint density at radius 2 is 1.65 bits per heavy atom. The number of anilines is 3. The maximum absolute atomic E-state index is 15.4. The third-order valence-electron chi connectivity index (χ3n) is 13.9. The smallest absolute Gasteiger partial charge is 0.238 e. The Morgan fingerprint density at radius 3 is 2.35 bits per heavy atom. The van der Waals surface area contributed by atoms with Crippen LogP contribution >= 0.6 is 0 Å². The largest absolute Gasteiger partial charge is 0.342 e. The number of piperidine rings is 2. The topological polar surface area (TPSA) is 107 Å². The van der Waals surface area contributed by atoms with Crippen LogP contribution in [-0.2, 0) is 19.8 Å². The number of nitrogens with one attached hydrogen (secondary N) is 1. The average molecular weight is 775 g/mol. The van der Waals surface area contributed by atoms with E-state index in [2.05, 4.69) is 51.7 Å². The van der Waals surface area contributed by atoms with Crippen LogP contribution in [0.2, 0.25) is 0 Å². The number of nitrogens with zero attached hydrogens (tertiary/aromatic N) is 7. The van der Waals surface area contributed by atoms with Gasteiger partial charge in [-0.2, -0.15) is 0 Å². The van der Waals surface area contributed by atoms with E-state index >= 15 is 9.18 Å². The molecule has 5 aliphatic rings. The summed E-state index contributed by atoms with van der Waals surface area (Å²) in [6, 6.07) is 12.4. The number of hydrogen-bond donors (Lipinski definition) is 1. The molecule has 4 aliphatic heterocycles. The summed E-state index contributed by atoms with van der Waals surface area (Å²) >= 11 is 0. The van der Waals surface area contributed by atoms with E-state index in [1.807, 2.05) is 37.2 Å². The second kappa shape index (κ2) is 14.5. The number of carbonyl (C=O) groups is 3. The molecule has 4 aromatic rings. The highest BCUT2D eigenvalue weighted by atomic mass is 19.1. The molecule has 1 spiro atoms. The Kier molecular flexibility index (Phi) is 9.61. The molecule has 6 heterocycles. The van der Waals surface area contributed by atoms with E-state index in [1.54, 1.807) is 17.9 Å². The molecular weight excluding hydrogens is 720 g/mol. The fraction of sp³-hybridized carbons (Fsp3) is 0.533. The van der Waals surface area contributed by atoms with E-state index in [9.17, 15) is 9.59 Å². The number of likely N-dealkylation sites (tertiary alicyclic amines) is 3. The monoisotopic (exact) mass is 774 g/mol. The molecule has 9 rings (SSSR count). The van der Waals surface area contributed by atoms with Crippen molar-refractivity contribution >= 4 is 45.9 Å². The molecule has 3 amide bonds. The number of aryl methyl sites for hydroxylation is 2. The Labute approximate surface area is 334 Å². The number of fused-ring (bicyclic) bond motifs is 3. The summed E-state index contributed by atoms with van der Waals surface area (Å²) < 4.78 is 17.4. The quantitative estimate of drug-likeness (QED) is 0.211. The first kappa shape index (κ1) is 37.7. The molecule has 2 aromatic carbocycles. The van der Waals surface area contributed by atoms with Crippen LogP contribution in [0.15, 0.2) is 42.7 Å². The molecule has 0 bridgehead atoms. The van der Waals surface area contributed by atoms with Gasteiger partial charge < -0.3 is 29.5 Å². The van der Waals surface area contributed by atoms with Crippen LogP contribution in [0, 0.1) is 25.6 Å². The molecule has 0 radical (unpaired) electrons. The fourth-order valence-electron chi connectivity index (χ4n) is 10.3. The van der Waals surface area contributed by atoms with Crippen molar-refractivity contribution in [3.05, 3.63) is 65.2 Å². The van der Waals surface area contributed by atoms with Gasteiger partial charge in [0.05, 0.1) is 34.6 Å². The minimum Gasteiger partial charge on any atom is -0.342 e. The van der Waals surface area contributed by atoms with Gasteiger partial charge in [0.25, 0.3) is 0 Å². The average Bonchev–Trinajstić information content (AvgIpc) is 3.91. The number of amides is 3. The van der Waals surface area contributed by atoms with Crippen LogP contribution in [0.1, 0.15) is 94.9 Å². The molecule has 1 N–H and O–H groups in total. The zero-order chi connectivity index (χ0) is 39.7. The lowest BCUT2D eigenvalue weighted by Crippen LogP contribution is -2.58. The molecule has 11 nitrogen and oxygen atoms in total. The molecule has 57 heavy (non-hydrogen) atoms. The second-order valence-corrected chi connectivity index (χ2v) is 17.7. The lowest BCUT2D eigenvalue weighted by molar-refractivity contribution is -0.139. The van der Waals surface area contributed by atoms with Crippen LogP contribution < -0.4 is 10.2 Å². The van der Waals surface area contributed by atoms with Crippen LogP contribution in [0.3, 0.4) is 0 Å². The molecule has 1 saturated carbocycles. The number of benzene rings is 2. The SMILES string of the molecule is CC(=O)N1CCC(C(=O)N2CCC3(CC2)C(=O)N(C2CC(N4CCCCC4)C2)c2cc(-c4cc5ncn(C(C)C)c5c(Nc5cc(C)c(C)cc5F)n4)ccc23)C1. The van der Waals surface area contributed by atoms with Crippen molar-refractivity contribution in [2.45, 2.75) is 110 Å². The molecular formula is C45H55FN8O3. The standard InChI is InChI=1S/C45H55FN8O3/c1-27(2)53-26-47-39-24-37(48-42(41(39)53)49-38-20-29(4)28(3)19-36(38)46)31-9-10-35-40(21-31)54(34-22-33(23-34)50-14-7-6-8-15-50)44(57)45(35)12-17-51(18-13-45)43(56)32-11-16-52(25-32)30(5)55/h9-10,19-21,24,26-27,32-34H,6-8,11-18,22-23,25H2,1-5H3,(H,48,49). The van der Waals surface area contributed by atoms with E-state index in [4.69, 9.17) is 9.97 Å². The van der Waals surface area contributed by atoms with Gasteiger partial charge in [0, 0.05) is 62.5 Å². The Morgan fingerprint density at radius 1 is 0.912 bits per heavy atom. The van der Waals surface area contributed by atoms with Gasteiger partial charge in [0.15, 0.2) is 5.82 Å². The summed E-state index contributed by atoms with van der Waals surface area (Å²) in [6.45, 7) is 14.0. The molecule has 3 saturated heterocycles. The highest BCUT2D eigenvalue weighted by molar-refractivity contribution is 6.09. The van der Waals surface area contributed by atoms with Crippen molar-refractivity contribution in [1.82, 2.24) is 29.2 Å². The highest BCUT2D eigenvalue weighted by Gasteiger charge is 2.56. The first-order chi connectivity index (χ1) is 27.4.